The molecule has 9 nitrogen and oxygen atoms in total. The summed E-state index contributed by atoms with van der Waals surface area (Å²) in [5.41, 5.74) is -4.06. The molecule has 5 atom stereocenters. The molecule has 2 aliphatic heterocycles. The lowest BCUT2D eigenvalue weighted by Crippen LogP contribution is -2.52. The molecule has 0 saturated carbocycles. The van der Waals surface area contributed by atoms with E-state index in [1.165, 1.54) is 0 Å². The van der Waals surface area contributed by atoms with E-state index < -0.39 is 55.1 Å². The van der Waals surface area contributed by atoms with Gasteiger partial charge in [0.1, 0.15) is 11.9 Å². The quantitative estimate of drug-likeness (QED) is 0.622. The zero-order valence-corrected chi connectivity index (χ0v) is 17.2. The normalized spacial score (nSPS) is 32.6. The standard InChI is InChI=1S/C17H16F3N2O7PS/c18-12-13(24)17(15(19)20,28-14(12)22-6-5-11(23)21-16(22)25)8-27-30(31)26-7-9-3-1-2-4-10(9)29-30/h1-6,12-15,24H,7-8H2,(H,21,23,25). The van der Waals surface area contributed by atoms with E-state index in [-0.39, 0.29) is 6.61 Å². The molecule has 4 rings (SSSR count). The van der Waals surface area contributed by atoms with E-state index in [0.29, 0.717) is 15.9 Å². The second kappa shape index (κ2) is 8.15. The van der Waals surface area contributed by atoms with Crippen molar-refractivity contribution >= 4 is 18.5 Å². The molecule has 1 aromatic heterocycles. The van der Waals surface area contributed by atoms with Crippen molar-refractivity contribution in [1.29, 1.82) is 0 Å². The van der Waals surface area contributed by atoms with Crippen molar-refractivity contribution in [2.45, 2.75) is 37.1 Å². The first-order chi connectivity index (χ1) is 14.7. The van der Waals surface area contributed by atoms with Crippen molar-refractivity contribution in [3.63, 3.8) is 0 Å². The predicted octanol–water partition coefficient (Wildman–Crippen LogP) is 1.62. The van der Waals surface area contributed by atoms with E-state index in [9.17, 15) is 27.9 Å². The molecule has 1 saturated heterocycles. The minimum absolute atomic E-state index is 0.0136. The van der Waals surface area contributed by atoms with Crippen LogP contribution in [0.25, 0.3) is 0 Å². The van der Waals surface area contributed by atoms with Gasteiger partial charge >= 0.3 is 12.4 Å². The number of aromatic amines is 1. The molecule has 0 aliphatic carbocycles. The second-order valence-electron chi connectivity index (χ2n) is 6.86. The summed E-state index contributed by atoms with van der Waals surface area (Å²) in [5.74, 6) is 0.358. The first-order valence-corrected chi connectivity index (χ1v) is 11.5. The first kappa shape index (κ1) is 22.2. The number of ether oxygens (including phenoxy) is 1. The van der Waals surface area contributed by atoms with Crippen molar-refractivity contribution < 1.29 is 36.6 Å². The van der Waals surface area contributed by atoms with E-state index in [1.54, 1.807) is 24.3 Å². The molecular formula is C17H16F3N2O7PS. The maximum absolute atomic E-state index is 14.8. The highest BCUT2D eigenvalue weighted by atomic mass is 32.5. The maximum Gasteiger partial charge on any atom is 0.381 e. The summed E-state index contributed by atoms with van der Waals surface area (Å²) >= 11 is 5.20. The van der Waals surface area contributed by atoms with E-state index in [1.807, 2.05) is 4.98 Å². The lowest BCUT2D eigenvalue weighted by atomic mass is 9.97. The van der Waals surface area contributed by atoms with Gasteiger partial charge in [-0.3, -0.25) is 23.4 Å². The number of nitrogens with one attached hydrogen (secondary N) is 1. The highest BCUT2D eigenvalue weighted by molar-refractivity contribution is 8.07. The predicted molar refractivity (Wildman–Crippen MR) is 103 cm³/mol. The Hall–Kier alpha value is -2.02. The number of halogens is 3. The Morgan fingerprint density at radius 1 is 1.35 bits per heavy atom. The number of hydrogen-bond donors (Lipinski definition) is 2. The number of rotatable bonds is 5. The number of aliphatic hydroxyl groups excluding tert-OH is 1. The number of hydrogen-bond acceptors (Lipinski definition) is 8. The topological polar surface area (TPSA) is 112 Å². The van der Waals surface area contributed by atoms with Crippen molar-refractivity contribution in [2.75, 3.05) is 6.61 Å². The van der Waals surface area contributed by atoms with Crippen LogP contribution >= 0.6 is 6.72 Å². The molecule has 1 fully saturated rings. The molecule has 5 unspecified atom stereocenters. The number of nitrogens with zero attached hydrogens (tertiary/aromatic N) is 1. The van der Waals surface area contributed by atoms with Gasteiger partial charge < -0.3 is 14.4 Å². The maximum atomic E-state index is 14.8. The monoisotopic (exact) mass is 480 g/mol. The minimum Gasteiger partial charge on any atom is -0.424 e. The van der Waals surface area contributed by atoms with Gasteiger partial charge in [-0.15, -0.1) is 0 Å². The molecule has 31 heavy (non-hydrogen) atoms. The molecule has 2 aromatic rings. The van der Waals surface area contributed by atoms with Gasteiger partial charge in [0.2, 0.25) is 0 Å². The Morgan fingerprint density at radius 2 is 2.10 bits per heavy atom. The number of para-hydroxylation sites is 1. The van der Waals surface area contributed by atoms with Gasteiger partial charge in [-0.1, -0.05) is 18.2 Å². The summed E-state index contributed by atoms with van der Waals surface area (Å²) in [6.07, 6.45) is -9.31. The van der Waals surface area contributed by atoms with Gasteiger partial charge in [-0.2, -0.15) is 0 Å². The van der Waals surface area contributed by atoms with Crippen LogP contribution in [0.2, 0.25) is 0 Å². The van der Waals surface area contributed by atoms with E-state index in [4.69, 9.17) is 30.1 Å². The van der Waals surface area contributed by atoms with Crippen molar-refractivity contribution in [1.82, 2.24) is 9.55 Å². The summed E-state index contributed by atoms with van der Waals surface area (Å²) in [6.45, 7) is -4.62. The zero-order valence-electron chi connectivity index (χ0n) is 15.5. The minimum atomic E-state index is -3.56. The highest BCUT2D eigenvalue weighted by Crippen LogP contribution is 2.56. The molecular weight excluding hydrogens is 464 g/mol. The summed E-state index contributed by atoms with van der Waals surface area (Å²) < 4.78 is 64.7. The molecule has 2 aliphatic rings. The van der Waals surface area contributed by atoms with Crippen LogP contribution in [0.4, 0.5) is 13.2 Å². The number of H-pyrrole nitrogens is 1. The molecule has 1 aromatic carbocycles. The fourth-order valence-corrected chi connectivity index (χ4v) is 5.05. The van der Waals surface area contributed by atoms with Gasteiger partial charge in [0.15, 0.2) is 18.0 Å². The van der Waals surface area contributed by atoms with Gasteiger partial charge in [-0.25, -0.2) is 18.0 Å². The molecule has 2 N–H and O–H groups in total. The highest BCUT2D eigenvalue weighted by Gasteiger charge is 2.62. The van der Waals surface area contributed by atoms with Crippen LogP contribution in [0, 0.1) is 0 Å². The Balaban J connectivity index is 1.58. The van der Waals surface area contributed by atoms with Gasteiger partial charge in [-0.05, 0) is 6.07 Å². The Morgan fingerprint density at radius 3 is 2.81 bits per heavy atom. The molecule has 3 heterocycles. The average Bonchev–Trinajstić information content (AvgIpc) is 2.98. The van der Waals surface area contributed by atoms with Crippen molar-refractivity contribution in [2.24, 2.45) is 0 Å². The molecule has 0 radical (unpaired) electrons. The van der Waals surface area contributed by atoms with Crippen LogP contribution in [0.15, 0.2) is 46.1 Å². The third kappa shape index (κ3) is 3.97. The first-order valence-electron chi connectivity index (χ1n) is 8.91. The van der Waals surface area contributed by atoms with Crippen molar-refractivity contribution in [3.05, 3.63) is 62.9 Å². The number of alkyl halides is 3. The van der Waals surface area contributed by atoms with Crippen LogP contribution in [0.5, 0.6) is 5.75 Å². The Labute approximate surface area is 177 Å². The Bertz CT molecular complexity index is 1140. The lowest BCUT2D eigenvalue weighted by Gasteiger charge is -2.34. The van der Waals surface area contributed by atoms with Crippen LogP contribution in [-0.4, -0.2) is 45.6 Å². The largest absolute Gasteiger partial charge is 0.424 e. The molecule has 168 valence electrons. The fraction of sp³-hybridized carbons (Fsp3) is 0.412. The number of fused-ring (bicyclic) bond motifs is 1. The average molecular weight is 480 g/mol. The van der Waals surface area contributed by atoms with Crippen LogP contribution < -0.4 is 15.8 Å². The second-order valence-corrected chi connectivity index (χ2v) is 9.80. The number of aliphatic hydroxyl groups is 1. The van der Waals surface area contributed by atoms with Crippen LogP contribution in [0.1, 0.15) is 11.8 Å². The van der Waals surface area contributed by atoms with Crippen LogP contribution in [-0.2, 0) is 32.2 Å². The van der Waals surface area contributed by atoms with Crippen molar-refractivity contribution in [3.8, 4) is 5.75 Å². The number of aromatic nitrogens is 2. The summed E-state index contributed by atoms with van der Waals surface area (Å²) in [7, 11) is 0. The van der Waals surface area contributed by atoms with E-state index in [2.05, 4.69) is 0 Å². The smallest absolute Gasteiger partial charge is 0.381 e. The summed E-state index contributed by atoms with van der Waals surface area (Å²) in [6, 6.07) is 7.62. The molecule has 0 bridgehead atoms. The van der Waals surface area contributed by atoms with Gasteiger partial charge in [0.25, 0.3) is 12.0 Å². The number of benzene rings is 1. The molecule has 0 amide bonds. The lowest BCUT2D eigenvalue weighted by molar-refractivity contribution is -0.193. The third-order valence-corrected chi connectivity index (χ3v) is 7.09. The molecule has 14 heteroatoms. The SMILES string of the molecule is O=c1ccn(C2OC(COP3(=S)OCc4ccccc4O3)(C(F)F)C(O)C2F)c(=O)[nH]1. The molecule has 0 spiro atoms. The summed E-state index contributed by atoms with van der Waals surface area (Å²) in [5, 5.41) is 10.3. The third-order valence-electron chi connectivity index (χ3n) is 4.92. The Kier molecular flexibility index (Phi) is 5.83. The zero-order chi connectivity index (χ0) is 22.4. The van der Waals surface area contributed by atoms with Crippen LogP contribution in [0.3, 0.4) is 0 Å². The van der Waals surface area contributed by atoms with E-state index in [0.717, 1.165) is 12.3 Å². The summed E-state index contributed by atoms with van der Waals surface area (Å²) in [4.78, 5) is 25.0. The fourth-order valence-electron chi connectivity index (χ4n) is 3.24. The van der Waals surface area contributed by atoms with Gasteiger partial charge in [0.05, 0.1) is 13.2 Å². The van der Waals surface area contributed by atoms with E-state index >= 15 is 0 Å². The van der Waals surface area contributed by atoms with Gasteiger partial charge in [0, 0.05) is 29.6 Å².